The first-order valence-corrected chi connectivity index (χ1v) is 7.01. The van der Waals surface area contributed by atoms with Crippen molar-refractivity contribution < 1.29 is 14.7 Å². The lowest BCUT2D eigenvalue weighted by molar-refractivity contribution is 0.0160. The molecule has 5 heteroatoms. The molecular formula is C15H22N2O3. The van der Waals surface area contributed by atoms with Crippen LogP contribution in [0.15, 0.2) is 23.4 Å². The molecule has 20 heavy (non-hydrogen) atoms. The van der Waals surface area contributed by atoms with Crippen molar-refractivity contribution in [3.8, 4) is 5.75 Å². The van der Waals surface area contributed by atoms with E-state index in [1.54, 1.807) is 13.2 Å². The molecule has 5 nitrogen and oxygen atoms in total. The summed E-state index contributed by atoms with van der Waals surface area (Å²) >= 11 is 0. The van der Waals surface area contributed by atoms with Crippen LogP contribution in [0.2, 0.25) is 0 Å². The Labute approximate surface area is 119 Å². The fourth-order valence-electron chi connectivity index (χ4n) is 2.55. The molecule has 0 unspecified atom stereocenters. The van der Waals surface area contributed by atoms with Crippen LogP contribution in [0.4, 0.5) is 0 Å². The third kappa shape index (κ3) is 3.63. The monoisotopic (exact) mass is 278 g/mol. The van der Waals surface area contributed by atoms with Crippen LogP contribution in [-0.4, -0.2) is 24.3 Å². The lowest BCUT2D eigenvalue weighted by Gasteiger charge is -2.22. The van der Waals surface area contributed by atoms with Crippen LogP contribution in [0.5, 0.6) is 5.75 Å². The van der Waals surface area contributed by atoms with Gasteiger partial charge in [-0.2, -0.15) is 0 Å². The Balaban J connectivity index is 2.07. The Morgan fingerprint density at radius 1 is 1.35 bits per heavy atom. The SMILES string of the molecule is COc1ccc(/C(N)=N/O)cc1COC1CCCCC1. The van der Waals surface area contributed by atoms with Gasteiger partial charge in [-0.3, -0.25) is 0 Å². The molecule has 0 spiro atoms. The Hall–Kier alpha value is -1.75. The highest BCUT2D eigenvalue weighted by Crippen LogP contribution is 2.25. The predicted molar refractivity (Wildman–Crippen MR) is 77.2 cm³/mol. The standard InChI is InChI=1S/C15H22N2O3/c1-19-14-8-7-11(15(16)17-18)9-12(14)10-20-13-5-3-2-4-6-13/h7-9,13,18H,2-6,10H2,1H3,(H2,16,17). The van der Waals surface area contributed by atoms with Crippen molar-refractivity contribution >= 4 is 5.84 Å². The van der Waals surface area contributed by atoms with Gasteiger partial charge in [-0.15, -0.1) is 0 Å². The van der Waals surface area contributed by atoms with Gasteiger partial charge >= 0.3 is 0 Å². The van der Waals surface area contributed by atoms with Crippen LogP contribution < -0.4 is 10.5 Å². The highest BCUT2D eigenvalue weighted by Gasteiger charge is 2.15. The Morgan fingerprint density at radius 3 is 2.75 bits per heavy atom. The number of methoxy groups -OCH3 is 1. The number of oxime groups is 1. The van der Waals surface area contributed by atoms with E-state index >= 15 is 0 Å². The normalized spacial score (nSPS) is 17.1. The zero-order valence-electron chi connectivity index (χ0n) is 11.8. The summed E-state index contributed by atoms with van der Waals surface area (Å²) in [5.74, 6) is 0.849. The maximum absolute atomic E-state index is 8.74. The quantitative estimate of drug-likeness (QED) is 0.376. The Morgan fingerprint density at radius 2 is 2.10 bits per heavy atom. The molecule has 1 aromatic carbocycles. The minimum absolute atomic E-state index is 0.0894. The number of ether oxygens (including phenoxy) is 2. The number of amidine groups is 1. The summed E-state index contributed by atoms with van der Waals surface area (Å²) in [7, 11) is 1.63. The van der Waals surface area contributed by atoms with Gasteiger partial charge in [0.15, 0.2) is 5.84 Å². The lowest BCUT2D eigenvalue weighted by Crippen LogP contribution is -2.17. The molecule has 110 valence electrons. The lowest BCUT2D eigenvalue weighted by atomic mass is 9.98. The summed E-state index contributed by atoms with van der Waals surface area (Å²) in [6.07, 6.45) is 6.38. The van der Waals surface area contributed by atoms with E-state index in [1.807, 2.05) is 12.1 Å². The second-order valence-electron chi connectivity index (χ2n) is 5.08. The number of hydrogen-bond acceptors (Lipinski definition) is 4. The predicted octanol–water partition coefficient (Wildman–Crippen LogP) is 2.64. The van der Waals surface area contributed by atoms with Crippen molar-refractivity contribution in [1.29, 1.82) is 0 Å². The third-order valence-electron chi connectivity index (χ3n) is 3.71. The topological polar surface area (TPSA) is 77.1 Å². The third-order valence-corrected chi connectivity index (χ3v) is 3.71. The van der Waals surface area contributed by atoms with Crippen molar-refractivity contribution in [2.24, 2.45) is 10.9 Å². The van der Waals surface area contributed by atoms with Crippen LogP contribution in [-0.2, 0) is 11.3 Å². The maximum atomic E-state index is 8.74. The molecule has 0 aromatic heterocycles. The van der Waals surface area contributed by atoms with Gasteiger partial charge in [0.25, 0.3) is 0 Å². The smallest absolute Gasteiger partial charge is 0.170 e. The molecular weight excluding hydrogens is 256 g/mol. The number of rotatable bonds is 5. The molecule has 1 saturated carbocycles. The highest BCUT2D eigenvalue weighted by molar-refractivity contribution is 5.97. The molecule has 0 atom stereocenters. The van der Waals surface area contributed by atoms with Crippen LogP contribution in [0.25, 0.3) is 0 Å². The average molecular weight is 278 g/mol. The van der Waals surface area contributed by atoms with Crippen LogP contribution >= 0.6 is 0 Å². The fraction of sp³-hybridized carbons (Fsp3) is 0.533. The fourth-order valence-corrected chi connectivity index (χ4v) is 2.55. The van der Waals surface area contributed by atoms with Gasteiger partial charge in [-0.1, -0.05) is 24.4 Å². The minimum atomic E-state index is 0.0894. The first kappa shape index (κ1) is 14.7. The van der Waals surface area contributed by atoms with E-state index in [0.717, 1.165) is 24.2 Å². The molecule has 0 radical (unpaired) electrons. The molecule has 0 amide bonds. The van der Waals surface area contributed by atoms with Gasteiger partial charge in [0.2, 0.25) is 0 Å². The molecule has 1 aliphatic rings. The second kappa shape index (κ2) is 7.14. The minimum Gasteiger partial charge on any atom is -0.496 e. The van der Waals surface area contributed by atoms with E-state index in [4.69, 9.17) is 20.4 Å². The largest absolute Gasteiger partial charge is 0.496 e. The van der Waals surface area contributed by atoms with Crippen molar-refractivity contribution in [3.05, 3.63) is 29.3 Å². The zero-order valence-corrected chi connectivity index (χ0v) is 11.8. The van der Waals surface area contributed by atoms with Crippen LogP contribution in [0.3, 0.4) is 0 Å². The number of hydrogen-bond donors (Lipinski definition) is 2. The summed E-state index contributed by atoms with van der Waals surface area (Å²) in [6.45, 7) is 0.486. The van der Waals surface area contributed by atoms with Crippen LogP contribution in [0, 0.1) is 0 Å². The summed E-state index contributed by atoms with van der Waals surface area (Å²) in [5.41, 5.74) is 7.19. The summed E-state index contributed by atoms with van der Waals surface area (Å²) in [5, 5.41) is 11.8. The molecule has 0 bridgehead atoms. The van der Waals surface area contributed by atoms with E-state index in [1.165, 1.54) is 19.3 Å². The number of benzene rings is 1. The van der Waals surface area contributed by atoms with E-state index in [-0.39, 0.29) is 5.84 Å². The van der Waals surface area contributed by atoms with Crippen molar-refractivity contribution in [1.82, 2.24) is 0 Å². The van der Waals surface area contributed by atoms with Crippen molar-refractivity contribution in [2.75, 3.05) is 7.11 Å². The van der Waals surface area contributed by atoms with Crippen LogP contribution in [0.1, 0.15) is 43.2 Å². The molecule has 0 aliphatic heterocycles. The van der Waals surface area contributed by atoms with Gasteiger partial charge in [-0.05, 0) is 31.0 Å². The molecule has 1 fully saturated rings. The first-order valence-electron chi connectivity index (χ1n) is 7.01. The number of nitrogens with two attached hydrogens (primary N) is 1. The molecule has 2 rings (SSSR count). The van der Waals surface area contributed by atoms with E-state index < -0.39 is 0 Å². The summed E-state index contributed by atoms with van der Waals surface area (Å²) < 4.78 is 11.3. The zero-order chi connectivity index (χ0) is 14.4. The molecule has 3 N–H and O–H groups in total. The molecule has 0 heterocycles. The van der Waals surface area contributed by atoms with Gasteiger partial charge in [0, 0.05) is 11.1 Å². The molecule has 1 aromatic rings. The van der Waals surface area contributed by atoms with Gasteiger partial charge < -0.3 is 20.4 Å². The number of nitrogens with zero attached hydrogens (tertiary/aromatic N) is 1. The Kier molecular flexibility index (Phi) is 5.24. The second-order valence-corrected chi connectivity index (χ2v) is 5.08. The van der Waals surface area contributed by atoms with Gasteiger partial charge in [-0.25, -0.2) is 0 Å². The van der Waals surface area contributed by atoms with Gasteiger partial charge in [0.1, 0.15) is 5.75 Å². The van der Waals surface area contributed by atoms with E-state index in [9.17, 15) is 0 Å². The first-order chi connectivity index (χ1) is 9.74. The molecule has 1 aliphatic carbocycles. The summed E-state index contributed by atoms with van der Waals surface area (Å²) in [6, 6.07) is 5.42. The van der Waals surface area contributed by atoms with Crippen molar-refractivity contribution in [3.63, 3.8) is 0 Å². The molecule has 0 saturated heterocycles. The maximum Gasteiger partial charge on any atom is 0.170 e. The van der Waals surface area contributed by atoms with E-state index in [2.05, 4.69) is 5.16 Å². The van der Waals surface area contributed by atoms with Gasteiger partial charge in [0.05, 0.1) is 19.8 Å². The highest BCUT2D eigenvalue weighted by atomic mass is 16.5. The van der Waals surface area contributed by atoms with Crippen molar-refractivity contribution in [2.45, 2.75) is 44.8 Å². The average Bonchev–Trinajstić information content (AvgIpc) is 2.52. The van der Waals surface area contributed by atoms with E-state index in [0.29, 0.717) is 18.3 Å². The summed E-state index contributed by atoms with van der Waals surface area (Å²) in [4.78, 5) is 0. The Bertz CT molecular complexity index is 468.